The van der Waals surface area contributed by atoms with Gasteiger partial charge in [-0.25, -0.2) is 4.79 Å². The molecule has 2 heterocycles. The van der Waals surface area contributed by atoms with E-state index in [4.69, 9.17) is 9.47 Å². The summed E-state index contributed by atoms with van der Waals surface area (Å²) in [5.41, 5.74) is 0.483. The van der Waals surface area contributed by atoms with E-state index in [9.17, 15) is 19.7 Å². The molecule has 0 bridgehead atoms. The minimum absolute atomic E-state index is 0.0787. The largest absolute Gasteiger partial charge is 0.452 e. The number of nitrogens with zero attached hydrogens (tertiary/aromatic N) is 3. The molecule has 4 rings (SSSR count). The number of nitro benzene ring substituents is 1. The summed E-state index contributed by atoms with van der Waals surface area (Å²) in [6.07, 6.45) is 7.53. The first-order valence-electron chi connectivity index (χ1n) is 12.3. The average molecular weight is 475 g/mol. The highest BCUT2D eigenvalue weighted by Crippen LogP contribution is 2.34. The highest BCUT2D eigenvalue weighted by atomic mass is 16.6. The normalized spacial score (nSPS) is 20.6. The molecule has 3 fully saturated rings. The maximum Gasteiger partial charge on any atom is 0.341 e. The second-order valence-electron chi connectivity index (χ2n) is 9.39. The van der Waals surface area contributed by atoms with Gasteiger partial charge < -0.3 is 19.7 Å². The molecule has 1 saturated carbocycles. The second kappa shape index (κ2) is 11.1. The third kappa shape index (κ3) is 5.67. The summed E-state index contributed by atoms with van der Waals surface area (Å²) in [4.78, 5) is 40.6. The Morgan fingerprint density at radius 1 is 1.06 bits per heavy atom. The molecule has 10 nitrogen and oxygen atoms in total. The highest BCUT2D eigenvalue weighted by molar-refractivity contribution is 5.97. The monoisotopic (exact) mass is 474 g/mol. The first-order chi connectivity index (χ1) is 16.5. The Balaban J connectivity index is 1.37. The number of nitrogens with one attached hydrogen (secondary N) is 1. The predicted molar refractivity (Wildman–Crippen MR) is 126 cm³/mol. The van der Waals surface area contributed by atoms with Crippen LogP contribution in [0.1, 0.15) is 55.3 Å². The lowest BCUT2D eigenvalue weighted by Gasteiger charge is -2.48. The maximum atomic E-state index is 12.8. The van der Waals surface area contributed by atoms with Gasteiger partial charge in [-0.15, -0.1) is 0 Å². The predicted octanol–water partition coefficient (Wildman–Crippen LogP) is 2.50. The van der Waals surface area contributed by atoms with Crippen LogP contribution in [0.3, 0.4) is 0 Å². The fourth-order valence-corrected chi connectivity index (χ4v) is 5.41. The molecular weight excluding hydrogens is 440 g/mol. The lowest BCUT2D eigenvalue weighted by atomic mass is 9.79. The molecule has 0 spiro atoms. The average Bonchev–Trinajstić information content (AvgIpc) is 3.41. The maximum absolute atomic E-state index is 12.8. The van der Waals surface area contributed by atoms with Gasteiger partial charge in [0.2, 0.25) is 0 Å². The number of amides is 1. The number of rotatable bonds is 8. The van der Waals surface area contributed by atoms with E-state index in [1.807, 2.05) is 4.90 Å². The molecule has 1 aromatic rings. The minimum atomic E-state index is -0.721. The van der Waals surface area contributed by atoms with Crippen LogP contribution in [0.15, 0.2) is 18.2 Å². The van der Waals surface area contributed by atoms with Crippen LogP contribution in [-0.4, -0.2) is 79.8 Å². The Morgan fingerprint density at radius 2 is 1.76 bits per heavy atom. The number of carbonyl (C=O) groups is 2. The van der Waals surface area contributed by atoms with E-state index < -0.39 is 17.5 Å². The molecule has 1 amide bonds. The van der Waals surface area contributed by atoms with Gasteiger partial charge in [-0.3, -0.25) is 19.8 Å². The second-order valence-corrected chi connectivity index (χ2v) is 9.39. The first-order valence-corrected chi connectivity index (χ1v) is 12.3. The molecular formula is C24H34N4O6. The molecule has 1 N–H and O–H groups in total. The van der Waals surface area contributed by atoms with Crippen molar-refractivity contribution in [3.8, 4) is 0 Å². The van der Waals surface area contributed by atoms with Gasteiger partial charge in [0.15, 0.2) is 6.61 Å². The quantitative estimate of drug-likeness (QED) is 0.347. The van der Waals surface area contributed by atoms with Gasteiger partial charge in [-0.2, -0.15) is 0 Å². The SMILES string of the molecule is O=C(COC(=O)c1cc([N+](=O)[O-])ccc1N1CCCC1)NCC1(N2CCOCC2)CCCCC1. The molecule has 34 heavy (non-hydrogen) atoms. The Hall–Kier alpha value is -2.72. The number of anilines is 1. The number of nitro groups is 1. The fourth-order valence-electron chi connectivity index (χ4n) is 5.41. The zero-order valence-corrected chi connectivity index (χ0v) is 19.6. The van der Waals surface area contributed by atoms with Crippen LogP contribution in [-0.2, 0) is 14.3 Å². The Kier molecular flexibility index (Phi) is 7.99. The van der Waals surface area contributed by atoms with Crippen molar-refractivity contribution in [2.75, 3.05) is 57.4 Å². The molecule has 2 aliphatic heterocycles. The van der Waals surface area contributed by atoms with Crippen molar-refractivity contribution >= 4 is 23.3 Å². The molecule has 2 saturated heterocycles. The molecule has 186 valence electrons. The Labute approximate surface area is 199 Å². The van der Waals surface area contributed by atoms with E-state index in [1.54, 1.807) is 6.07 Å². The number of morpholine rings is 1. The zero-order chi connectivity index (χ0) is 24.0. The summed E-state index contributed by atoms with van der Waals surface area (Å²) in [6, 6.07) is 4.23. The van der Waals surface area contributed by atoms with Gasteiger partial charge >= 0.3 is 5.97 Å². The summed E-state index contributed by atoms with van der Waals surface area (Å²) in [5, 5.41) is 14.2. The van der Waals surface area contributed by atoms with Gasteiger partial charge in [-0.05, 0) is 31.7 Å². The minimum Gasteiger partial charge on any atom is -0.452 e. The third-order valence-electron chi connectivity index (χ3n) is 7.27. The summed E-state index contributed by atoms with van der Waals surface area (Å²) < 4.78 is 10.8. The van der Waals surface area contributed by atoms with Crippen molar-refractivity contribution < 1.29 is 24.0 Å². The van der Waals surface area contributed by atoms with Gasteiger partial charge in [-0.1, -0.05) is 19.3 Å². The van der Waals surface area contributed by atoms with Crippen LogP contribution >= 0.6 is 0 Å². The zero-order valence-electron chi connectivity index (χ0n) is 19.6. The lowest BCUT2D eigenvalue weighted by Crippen LogP contribution is -2.59. The Bertz CT molecular complexity index is 889. The molecule has 0 atom stereocenters. The van der Waals surface area contributed by atoms with E-state index in [0.29, 0.717) is 25.4 Å². The Morgan fingerprint density at radius 3 is 2.44 bits per heavy atom. The van der Waals surface area contributed by atoms with Crippen molar-refractivity contribution in [3.63, 3.8) is 0 Å². The molecule has 1 aromatic carbocycles. The number of hydrogen-bond donors (Lipinski definition) is 1. The lowest BCUT2D eigenvalue weighted by molar-refractivity contribution is -0.384. The molecule has 10 heteroatoms. The van der Waals surface area contributed by atoms with Gasteiger partial charge in [0, 0.05) is 50.4 Å². The van der Waals surface area contributed by atoms with Crippen LogP contribution < -0.4 is 10.2 Å². The first kappa shape index (κ1) is 24.4. The van der Waals surface area contributed by atoms with E-state index in [1.165, 1.54) is 18.6 Å². The summed E-state index contributed by atoms with van der Waals surface area (Å²) in [5.74, 6) is -1.08. The smallest absolute Gasteiger partial charge is 0.341 e. The molecule has 0 radical (unpaired) electrons. The van der Waals surface area contributed by atoms with E-state index in [0.717, 1.165) is 64.7 Å². The number of hydrogen-bond acceptors (Lipinski definition) is 8. The summed E-state index contributed by atoms with van der Waals surface area (Å²) in [7, 11) is 0. The van der Waals surface area contributed by atoms with Gasteiger partial charge in [0.05, 0.1) is 29.4 Å². The molecule has 0 aromatic heterocycles. The van der Waals surface area contributed by atoms with Gasteiger partial charge in [0.1, 0.15) is 0 Å². The number of carbonyl (C=O) groups excluding carboxylic acids is 2. The van der Waals surface area contributed by atoms with Crippen LogP contribution in [0.4, 0.5) is 11.4 Å². The van der Waals surface area contributed by atoms with Crippen LogP contribution in [0.2, 0.25) is 0 Å². The number of esters is 1. The fraction of sp³-hybridized carbons (Fsp3) is 0.667. The van der Waals surface area contributed by atoms with Crippen LogP contribution in [0.25, 0.3) is 0 Å². The van der Waals surface area contributed by atoms with Crippen molar-refractivity contribution in [2.24, 2.45) is 0 Å². The van der Waals surface area contributed by atoms with E-state index >= 15 is 0 Å². The highest BCUT2D eigenvalue weighted by Gasteiger charge is 2.38. The molecule has 3 aliphatic rings. The molecule has 1 aliphatic carbocycles. The van der Waals surface area contributed by atoms with E-state index in [-0.39, 0.29) is 22.7 Å². The third-order valence-corrected chi connectivity index (χ3v) is 7.27. The van der Waals surface area contributed by atoms with Crippen LogP contribution in [0, 0.1) is 10.1 Å². The number of ether oxygens (including phenoxy) is 2. The van der Waals surface area contributed by atoms with Crippen molar-refractivity contribution in [1.29, 1.82) is 0 Å². The summed E-state index contributed by atoms with van der Waals surface area (Å²) >= 11 is 0. The number of non-ortho nitro benzene ring substituents is 1. The number of benzene rings is 1. The van der Waals surface area contributed by atoms with Crippen LogP contribution in [0.5, 0.6) is 0 Å². The van der Waals surface area contributed by atoms with Crippen molar-refractivity contribution in [1.82, 2.24) is 10.2 Å². The van der Waals surface area contributed by atoms with E-state index in [2.05, 4.69) is 10.2 Å². The molecule has 0 unspecified atom stereocenters. The van der Waals surface area contributed by atoms with Gasteiger partial charge in [0.25, 0.3) is 11.6 Å². The topological polar surface area (TPSA) is 114 Å². The van der Waals surface area contributed by atoms with Crippen molar-refractivity contribution in [3.05, 3.63) is 33.9 Å². The standard InChI is InChI=1S/C24H34N4O6/c29-22(25-18-24(8-2-1-3-9-24)27-12-14-33-15-13-27)17-34-23(30)20-16-19(28(31)32)6-7-21(20)26-10-4-5-11-26/h6-7,16H,1-5,8-15,17-18H2,(H,25,29). The summed E-state index contributed by atoms with van der Waals surface area (Å²) in [6.45, 7) is 4.78. The van der Waals surface area contributed by atoms with Crippen molar-refractivity contribution in [2.45, 2.75) is 50.5 Å².